The van der Waals surface area contributed by atoms with Crippen molar-refractivity contribution in [3.8, 4) is 0 Å². The van der Waals surface area contributed by atoms with Crippen LogP contribution in [0, 0.1) is 0 Å². The summed E-state index contributed by atoms with van der Waals surface area (Å²) >= 11 is 2.38. The molecule has 0 aliphatic carbocycles. The fourth-order valence-electron chi connectivity index (χ4n) is 3.14. The Morgan fingerprint density at radius 2 is 0.600 bits per heavy atom. The first kappa shape index (κ1) is 35.7. The van der Waals surface area contributed by atoms with Gasteiger partial charge in [0.05, 0.1) is 33.6 Å². The minimum atomic E-state index is -0.476. The first-order chi connectivity index (χ1) is 15.2. The number of hydrogen-bond acceptors (Lipinski definition) is 6. The second-order valence-electron chi connectivity index (χ2n) is 13.1. The molecule has 3 saturated heterocycles. The van der Waals surface area contributed by atoms with E-state index in [4.69, 9.17) is 27.9 Å². The fourth-order valence-corrected chi connectivity index (χ4v) is 3.14. The van der Waals surface area contributed by atoms with Crippen molar-refractivity contribution in [2.45, 2.75) is 162 Å². The molecule has 0 aromatic rings. The lowest BCUT2D eigenvalue weighted by molar-refractivity contribution is 0.00578. The third kappa shape index (κ3) is 9.74. The monoisotopic (exact) mass is 610 g/mol. The van der Waals surface area contributed by atoms with Gasteiger partial charge < -0.3 is 27.9 Å². The Hall–Kier alpha value is 0.685. The third-order valence-electron chi connectivity index (χ3n) is 7.14. The lowest BCUT2D eigenvalue weighted by Crippen LogP contribution is -2.41. The molecule has 0 N–H and O–H groups in total. The van der Waals surface area contributed by atoms with Crippen LogP contribution in [0.25, 0.3) is 0 Å². The molecule has 3 fully saturated rings. The van der Waals surface area contributed by atoms with Crippen molar-refractivity contribution in [3.05, 3.63) is 0 Å². The van der Waals surface area contributed by atoms with Crippen LogP contribution in [-0.4, -0.2) is 58.2 Å². The molecule has 0 aromatic carbocycles. The van der Waals surface area contributed by atoms with E-state index >= 15 is 0 Å². The zero-order valence-electron chi connectivity index (χ0n) is 26.1. The van der Waals surface area contributed by atoms with Gasteiger partial charge in [0.1, 0.15) is 0 Å². The van der Waals surface area contributed by atoms with Gasteiger partial charge in [-0.25, -0.2) is 0 Å². The summed E-state index contributed by atoms with van der Waals surface area (Å²) in [5, 5.41) is 0. The van der Waals surface area contributed by atoms with Gasteiger partial charge >= 0.3 is 21.1 Å². The van der Waals surface area contributed by atoms with Crippen LogP contribution in [0.4, 0.5) is 0 Å². The molecule has 0 aromatic heterocycles. The highest BCUT2D eigenvalue weighted by molar-refractivity contribution is 14.1. The molecule has 3 heterocycles. The highest BCUT2D eigenvalue weighted by Gasteiger charge is 2.63. The lowest BCUT2D eigenvalue weighted by Gasteiger charge is -2.32. The molecule has 0 atom stereocenters. The zero-order chi connectivity index (χ0) is 28.5. The Morgan fingerprint density at radius 1 is 0.457 bits per heavy atom. The molecular weight excluding hydrogens is 556 g/mol. The summed E-state index contributed by atoms with van der Waals surface area (Å²) in [5.74, 6) is 0. The van der Waals surface area contributed by atoms with Crippen LogP contribution in [0.2, 0.25) is 6.82 Å². The van der Waals surface area contributed by atoms with E-state index in [2.05, 4.69) is 71.1 Å². The number of halogens is 1. The lowest BCUT2D eigenvalue weighted by atomic mass is 9.49. The first-order valence-electron chi connectivity index (χ1n) is 13.0. The highest BCUT2D eigenvalue weighted by atomic mass is 127. The summed E-state index contributed by atoms with van der Waals surface area (Å²) in [7, 11) is -1.02. The van der Waals surface area contributed by atoms with Crippen molar-refractivity contribution in [2.75, 3.05) is 0 Å². The van der Waals surface area contributed by atoms with Crippen molar-refractivity contribution < 1.29 is 27.9 Å². The van der Waals surface area contributed by atoms with Gasteiger partial charge in [-0.1, -0.05) is 57.2 Å². The molecule has 6 nitrogen and oxygen atoms in total. The molecular formula is C25H54B3IO6. The van der Waals surface area contributed by atoms with Gasteiger partial charge in [-0.05, 0) is 89.9 Å². The van der Waals surface area contributed by atoms with E-state index in [1.807, 2.05) is 76.1 Å². The maximum atomic E-state index is 5.96. The van der Waals surface area contributed by atoms with Gasteiger partial charge in [0, 0.05) is 3.42 Å². The number of hydrogen-bond donors (Lipinski definition) is 0. The van der Waals surface area contributed by atoms with Crippen molar-refractivity contribution in [3.63, 3.8) is 0 Å². The second-order valence-corrected chi connectivity index (χ2v) is 16.4. The van der Waals surface area contributed by atoms with Crippen LogP contribution in [0.15, 0.2) is 0 Å². The quantitative estimate of drug-likeness (QED) is 0.178. The average molecular weight is 610 g/mol. The summed E-state index contributed by atoms with van der Waals surface area (Å²) in [4.78, 5) is 0. The number of alkyl halides is 1. The Morgan fingerprint density at radius 3 is 0.714 bits per heavy atom. The summed E-state index contributed by atoms with van der Waals surface area (Å²) in [5.41, 5.74) is -1.76. The average Bonchev–Trinajstić information content (AvgIpc) is 3.02. The highest BCUT2D eigenvalue weighted by Crippen LogP contribution is 2.43. The predicted molar refractivity (Wildman–Crippen MR) is 159 cm³/mol. The first-order valence-corrected chi connectivity index (χ1v) is 14.1. The molecule has 3 aliphatic heterocycles. The van der Waals surface area contributed by atoms with Gasteiger partial charge in [-0.15, -0.1) is 0 Å². The van der Waals surface area contributed by atoms with Gasteiger partial charge in [0.2, 0.25) is 0 Å². The fraction of sp³-hybridized carbons (Fsp3) is 1.00. The molecule has 3 rings (SSSR count). The smallest absolute Gasteiger partial charge is 0.405 e. The van der Waals surface area contributed by atoms with Gasteiger partial charge in [-0.3, -0.25) is 0 Å². The zero-order valence-corrected chi connectivity index (χ0v) is 28.2. The van der Waals surface area contributed by atoms with Crippen molar-refractivity contribution in [1.82, 2.24) is 0 Å². The van der Waals surface area contributed by atoms with E-state index in [9.17, 15) is 0 Å². The van der Waals surface area contributed by atoms with Crippen molar-refractivity contribution in [2.24, 2.45) is 0 Å². The van der Waals surface area contributed by atoms with Crippen molar-refractivity contribution in [1.29, 1.82) is 0 Å². The molecule has 0 amide bonds. The van der Waals surface area contributed by atoms with Crippen LogP contribution >= 0.6 is 22.6 Å². The maximum Gasteiger partial charge on any atom is 0.488 e. The Kier molecular flexibility index (Phi) is 12.1. The van der Waals surface area contributed by atoms with Crippen molar-refractivity contribution >= 4 is 43.7 Å². The molecule has 35 heavy (non-hydrogen) atoms. The molecule has 0 radical (unpaired) electrons. The topological polar surface area (TPSA) is 55.4 Å². The SMILES string of the molecule is CB1OC(C)(C)C(C)(C)O1.CC.CC(C)(C)I.CC1(C)OB(B2OC(C)(C)C(C)(C)O2)OC1(C)C. The van der Waals surface area contributed by atoms with Crippen LogP contribution in [0.1, 0.15) is 118 Å². The molecule has 0 saturated carbocycles. The number of rotatable bonds is 1. The summed E-state index contributed by atoms with van der Waals surface area (Å²) in [6, 6.07) is 0. The predicted octanol–water partition coefficient (Wildman–Crippen LogP) is 7.20. The molecule has 10 heteroatoms. The summed E-state index contributed by atoms with van der Waals surface area (Å²) in [6.07, 6.45) is 0. The van der Waals surface area contributed by atoms with E-state index in [-0.39, 0.29) is 40.7 Å². The summed E-state index contributed by atoms with van der Waals surface area (Å²) in [6.45, 7) is 36.9. The minimum absolute atomic E-state index is 0.0648. The third-order valence-corrected chi connectivity index (χ3v) is 7.14. The maximum absolute atomic E-state index is 5.96. The van der Waals surface area contributed by atoms with Crippen LogP contribution < -0.4 is 0 Å². The summed E-state index contributed by atoms with van der Waals surface area (Å²) < 4.78 is 35.4. The van der Waals surface area contributed by atoms with Gasteiger partial charge in [0.15, 0.2) is 0 Å². The van der Waals surface area contributed by atoms with E-state index < -0.39 is 14.0 Å². The van der Waals surface area contributed by atoms with E-state index in [1.54, 1.807) is 0 Å². The molecule has 0 spiro atoms. The van der Waals surface area contributed by atoms with E-state index in [0.29, 0.717) is 3.42 Å². The normalized spacial score (nSPS) is 26.7. The minimum Gasteiger partial charge on any atom is -0.405 e. The van der Waals surface area contributed by atoms with E-state index in [1.165, 1.54) is 0 Å². The largest absolute Gasteiger partial charge is 0.488 e. The Labute approximate surface area is 232 Å². The van der Waals surface area contributed by atoms with Crippen LogP contribution in [0.5, 0.6) is 0 Å². The van der Waals surface area contributed by atoms with Gasteiger partial charge in [-0.2, -0.15) is 0 Å². The van der Waals surface area contributed by atoms with Crippen LogP contribution in [-0.2, 0) is 27.9 Å². The van der Waals surface area contributed by atoms with Gasteiger partial charge in [0.25, 0.3) is 0 Å². The molecule has 0 unspecified atom stereocenters. The standard InChI is InChI=1S/C12H24B2O4.C7H15BO2.C4H9I.C2H6/c1-9(2)10(3,4)16-13(15-9)14-17-11(5,6)12(7,8)18-14;1-6(2)7(3,4)10-8(5)9-6;1-4(2,3)5;1-2/h1-8H3;1-5H3;1-3H3;1-2H3. The molecule has 3 aliphatic rings. The second kappa shape index (κ2) is 11.8. The van der Waals surface area contributed by atoms with E-state index in [0.717, 1.165) is 0 Å². The molecule has 0 bridgehead atoms. The Bertz CT molecular complexity index is 587. The van der Waals surface area contributed by atoms with Crippen LogP contribution in [0.3, 0.4) is 0 Å². The Balaban J connectivity index is 0.000000572. The molecule has 206 valence electrons.